The van der Waals surface area contributed by atoms with Crippen LogP contribution in [0, 0.1) is 0 Å². The summed E-state index contributed by atoms with van der Waals surface area (Å²) in [5.41, 5.74) is 1.27. The fraction of sp³-hybridized carbons (Fsp3) is 0.333. The van der Waals surface area contributed by atoms with Gasteiger partial charge in [0, 0.05) is 17.8 Å². The minimum atomic E-state index is 0.741. The molecule has 0 atom stereocenters. The lowest BCUT2D eigenvalue weighted by Crippen LogP contribution is -2.11. The number of hydrogen-bond acceptors (Lipinski definition) is 3. The van der Waals surface area contributed by atoms with E-state index in [1.165, 1.54) is 10.4 Å². The molecular weight excluding hydrogens is 242 g/mol. The van der Waals surface area contributed by atoms with Crippen LogP contribution in [0.2, 0.25) is 0 Å². The summed E-state index contributed by atoms with van der Waals surface area (Å²) in [6.07, 6.45) is 0.981. The van der Waals surface area contributed by atoms with Gasteiger partial charge >= 0.3 is 0 Å². The molecule has 1 aromatic carbocycles. The summed E-state index contributed by atoms with van der Waals surface area (Å²) in [6.45, 7) is 4.74. The van der Waals surface area contributed by atoms with Gasteiger partial charge in [-0.15, -0.1) is 11.3 Å². The molecule has 1 heterocycles. The standard InChI is InChI=1S/C15H19NOS/c1-2-16-12-13-5-3-6-14(11-13)17-9-8-15-7-4-10-18-15/h3-7,10-11,16H,2,8-9,12H2,1H3. The summed E-state index contributed by atoms with van der Waals surface area (Å²) < 4.78 is 5.78. The van der Waals surface area contributed by atoms with Gasteiger partial charge in [-0.2, -0.15) is 0 Å². The highest BCUT2D eigenvalue weighted by Crippen LogP contribution is 2.15. The Morgan fingerprint density at radius 2 is 2.17 bits per heavy atom. The lowest BCUT2D eigenvalue weighted by Gasteiger charge is -2.08. The second kappa shape index (κ2) is 7.19. The van der Waals surface area contributed by atoms with Crippen LogP contribution in [-0.4, -0.2) is 13.2 Å². The topological polar surface area (TPSA) is 21.3 Å². The van der Waals surface area contributed by atoms with Gasteiger partial charge in [0.1, 0.15) is 5.75 Å². The smallest absolute Gasteiger partial charge is 0.119 e. The summed E-state index contributed by atoms with van der Waals surface area (Å²) in [4.78, 5) is 1.37. The van der Waals surface area contributed by atoms with Gasteiger partial charge in [0.15, 0.2) is 0 Å². The van der Waals surface area contributed by atoms with E-state index in [-0.39, 0.29) is 0 Å². The maximum absolute atomic E-state index is 5.78. The summed E-state index contributed by atoms with van der Waals surface area (Å²) >= 11 is 1.78. The van der Waals surface area contributed by atoms with E-state index >= 15 is 0 Å². The van der Waals surface area contributed by atoms with Crippen LogP contribution in [-0.2, 0) is 13.0 Å². The lowest BCUT2D eigenvalue weighted by atomic mass is 10.2. The van der Waals surface area contributed by atoms with Crippen molar-refractivity contribution in [3.05, 3.63) is 52.2 Å². The fourth-order valence-electron chi connectivity index (χ4n) is 1.74. The van der Waals surface area contributed by atoms with Crippen LogP contribution in [0.5, 0.6) is 5.75 Å². The third-order valence-corrected chi connectivity index (χ3v) is 3.61. The molecule has 3 heteroatoms. The normalized spacial score (nSPS) is 10.5. The zero-order valence-electron chi connectivity index (χ0n) is 10.7. The van der Waals surface area contributed by atoms with Crippen molar-refractivity contribution in [2.75, 3.05) is 13.2 Å². The Labute approximate surface area is 113 Å². The maximum atomic E-state index is 5.78. The number of ether oxygens (including phenoxy) is 1. The van der Waals surface area contributed by atoms with Crippen molar-refractivity contribution in [1.82, 2.24) is 5.32 Å². The highest BCUT2D eigenvalue weighted by atomic mass is 32.1. The van der Waals surface area contributed by atoms with Crippen LogP contribution < -0.4 is 10.1 Å². The van der Waals surface area contributed by atoms with Gasteiger partial charge in [-0.05, 0) is 35.7 Å². The third-order valence-electron chi connectivity index (χ3n) is 2.67. The van der Waals surface area contributed by atoms with Gasteiger partial charge in [-0.3, -0.25) is 0 Å². The SMILES string of the molecule is CCNCc1cccc(OCCc2cccs2)c1. The van der Waals surface area contributed by atoms with E-state index in [2.05, 4.69) is 41.9 Å². The zero-order valence-corrected chi connectivity index (χ0v) is 11.5. The fourth-order valence-corrected chi connectivity index (χ4v) is 2.43. The van der Waals surface area contributed by atoms with E-state index in [0.29, 0.717) is 0 Å². The molecule has 0 spiro atoms. The first-order valence-corrected chi connectivity index (χ1v) is 7.21. The quantitative estimate of drug-likeness (QED) is 0.824. The summed E-state index contributed by atoms with van der Waals surface area (Å²) in [5.74, 6) is 0.960. The number of hydrogen-bond donors (Lipinski definition) is 1. The molecule has 0 aliphatic rings. The minimum Gasteiger partial charge on any atom is -0.493 e. The van der Waals surface area contributed by atoms with Gasteiger partial charge in [-0.25, -0.2) is 0 Å². The Morgan fingerprint density at radius 3 is 2.94 bits per heavy atom. The highest BCUT2D eigenvalue weighted by molar-refractivity contribution is 7.09. The van der Waals surface area contributed by atoms with Gasteiger partial charge in [0.2, 0.25) is 0 Å². The molecule has 0 radical (unpaired) electrons. The van der Waals surface area contributed by atoms with Crippen molar-refractivity contribution in [2.24, 2.45) is 0 Å². The Bertz CT molecular complexity index is 453. The second-order valence-corrected chi connectivity index (χ2v) is 5.14. The van der Waals surface area contributed by atoms with Crippen LogP contribution in [0.3, 0.4) is 0 Å². The van der Waals surface area contributed by atoms with Gasteiger partial charge in [0.25, 0.3) is 0 Å². The van der Waals surface area contributed by atoms with Crippen LogP contribution in [0.15, 0.2) is 41.8 Å². The largest absolute Gasteiger partial charge is 0.493 e. The minimum absolute atomic E-state index is 0.741. The number of thiophene rings is 1. The van der Waals surface area contributed by atoms with Crippen molar-refractivity contribution in [2.45, 2.75) is 19.9 Å². The second-order valence-electron chi connectivity index (χ2n) is 4.11. The first-order chi connectivity index (χ1) is 8.88. The number of benzene rings is 1. The Kier molecular flexibility index (Phi) is 5.24. The average Bonchev–Trinajstić information content (AvgIpc) is 2.90. The highest BCUT2D eigenvalue weighted by Gasteiger charge is 1.98. The molecule has 0 saturated carbocycles. The predicted octanol–water partition coefficient (Wildman–Crippen LogP) is 3.48. The third kappa shape index (κ3) is 4.17. The molecule has 0 fully saturated rings. The molecule has 2 rings (SSSR count). The van der Waals surface area contributed by atoms with Crippen LogP contribution in [0.25, 0.3) is 0 Å². The molecule has 0 aliphatic carbocycles. The van der Waals surface area contributed by atoms with E-state index < -0.39 is 0 Å². The van der Waals surface area contributed by atoms with Gasteiger partial charge in [-0.1, -0.05) is 25.1 Å². The average molecular weight is 261 g/mol. The molecule has 0 saturated heterocycles. The molecular formula is C15H19NOS. The van der Waals surface area contributed by atoms with Crippen LogP contribution in [0.4, 0.5) is 0 Å². The van der Waals surface area contributed by atoms with E-state index in [1.807, 2.05) is 12.1 Å². The van der Waals surface area contributed by atoms with E-state index in [0.717, 1.165) is 31.9 Å². The van der Waals surface area contributed by atoms with Crippen molar-refractivity contribution in [3.63, 3.8) is 0 Å². The van der Waals surface area contributed by atoms with E-state index in [1.54, 1.807) is 11.3 Å². The maximum Gasteiger partial charge on any atom is 0.119 e. The summed E-state index contributed by atoms with van der Waals surface area (Å²) in [6, 6.07) is 12.5. The molecule has 2 aromatic rings. The first-order valence-electron chi connectivity index (χ1n) is 6.33. The molecule has 1 aromatic heterocycles. The molecule has 1 N–H and O–H groups in total. The van der Waals surface area contributed by atoms with Crippen LogP contribution in [0.1, 0.15) is 17.4 Å². The molecule has 18 heavy (non-hydrogen) atoms. The first kappa shape index (κ1) is 13.1. The van der Waals surface area contributed by atoms with E-state index in [9.17, 15) is 0 Å². The van der Waals surface area contributed by atoms with Gasteiger partial charge in [0.05, 0.1) is 6.61 Å². The molecule has 96 valence electrons. The number of nitrogens with one attached hydrogen (secondary N) is 1. The molecule has 0 bridgehead atoms. The van der Waals surface area contributed by atoms with Crippen LogP contribution >= 0.6 is 11.3 Å². The molecule has 0 unspecified atom stereocenters. The van der Waals surface area contributed by atoms with Crippen molar-refractivity contribution < 1.29 is 4.74 Å². The van der Waals surface area contributed by atoms with Gasteiger partial charge < -0.3 is 10.1 Å². The van der Waals surface area contributed by atoms with Crippen molar-refractivity contribution in [3.8, 4) is 5.75 Å². The van der Waals surface area contributed by atoms with E-state index in [4.69, 9.17) is 4.74 Å². The number of rotatable bonds is 7. The lowest BCUT2D eigenvalue weighted by molar-refractivity contribution is 0.322. The predicted molar refractivity (Wildman–Crippen MR) is 77.3 cm³/mol. The summed E-state index contributed by atoms with van der Waals surface area (Å²) in [5, 5.41) is 5.42. The molecule has 0 aliphatic heterocycles. The molecule has 0 amide bonds. The Balaban J connectivity index is 1.81. The monoisotopic (exact) mass is 261 g/mol. The van der Waals surface area contributed by atoms with Crippen molar-refractivity contribution in [1.29, 1.82) is 0 Å². The molecule has 2 nitrogen and oxygen atoms in total. The Hall–Kier alpha value is -1.32. The summed E-state index contributed by atoms with van der Waals surface area (Å²) in [7, 11) is 0. The zero-order chi connectivity index (χ0) is 12.6. The Morgan fingerprint density at radius 1 is 1.22 bits per heavy atom. The van der Waals surface area contributed by atoms with Crippen molar-refractivity contribution >= 4 is 11.3 Å².